The fourth-order valence-corrected chi connectivity index (χ4v) is 6.00. The number of halogens is 1. The van der Waals surface area contributed by atoms with Gasteiger partial charge in [0.05, 0.1) is 34.5 Å². The summed E-state index contributed by atoms with van der Waals surface area (Å²) >= 11 is 1.51. The Balaban J connectivity index is 1.47. The maximum Gasteiger partial charge on any atom is 0.247 e. The molecule has 3 N–H and O–H groups in total. The Morgan fingerprint density at radius 3 is 2.48 bits per heavy atom. The molecule has 0 spiro atoms. The number of fused-ring (bicyclic) bond motifs is 1. The van der Waals surface area contributed by atoms with Gasteiger partial charge >= 0.3 is 0 Å². The number of rotatable bonds is 14. The van der Waals surface area contributed by atoms with Crippen LogP contribution in [-0.4, -0.2) is 79.1 Å². The Bertz CT molecular complexity index is 1450. The van der Waals surface area contributed by atoms with Crippen LogP contribution in [0.4, 0.5) is 4.39 Å². The van der Waals surface area contributed by atoms with Crippen molar-refractivity contribution in [2.75, 3.05) is 39.4 Å². The summed E-state index contributed by atoms with van der Waals surface area (Å²) in [6.45, 7) is 13.2. The van der Waals surface area contributed by atoms with E-state index in [2.05, 4.69) is 53.4 Å². The molecule has 44 heavy (non-hydrogen) atoms. The molecular formula is C33H42FN5O4S. The number of ether oxygens (including phenoxy) is 1. The van der Waals surface area contributed by atoms with E-state index in [0.29, 0.717) is 37.7 Å². The summed E-state index contributed by atoms with van der Waals surface area (Å²) in [5.74, 6) is -0.928. The molecule has 3 amide bonds. The predicted octanol–water partition coefficient (Wildman–Crippen LogP) is 3.73. The Morgan fingerprint density at radius 2 is 1.80 bits per heavy atom. The summed E-state index contributed by atoms with van der Waals surface area (Å²) < 4.78 is 20.0. The lowest BCUT2D eigenvalue weighted by Crippen LogP contribution is -2.53. The first-order chi connectivity index (χ1) is 21.1. The van der Waals surface area contributed by atoms with Crippen LogP contribution in [0.2, 0.25) is 0 Å². The Kier molecular flexibility index (Phi) is 12.0. The molecule has 236 valence electrons. The molecule has 0 radical (unpaired) electrons. The number of hydrogen-bond acceptors (Lipinski definition) is 7. The van der Waals surface area contributed by atoms with Gasteiger partial charge in [0.2, 0.25) is 17.7 Å². The third-order valence-electron chi connectivity index (χ3n) is 7.57. The molecule has 1 aliphatic heterocycles. The zero-order valence-electron chi connectivity index (χ0n) is 25.7. The highest BCUT2D eigenvalue weighted by Crippen LogP contribution is 2.27. The molecule has 1 fully saturated rings. The van der Waals surface area contributed by atoms with Crippen LogP contribution in [0.15, 0.2) is 54.6 Å². The van der Waals surface area contributed by atoms with Crippen LogP contribution in [-0.2, 0) is 32.0 Å². The van der Waals surface area contributed by atoms with Gasteiger partial charge in [-0.15, -0.1) is 11.3 Å². The Hall–Kier alpha value is -3.67. The van der Waals surface area contributed by atoms with Crippen LogP contribution in [0.5, 0.6) is 0 Å². The van der Waals surface area contributed by atoms with Gasteiger partial charge in [0, 0.05) is 44.6 Å². The Labute approximate surface area is 262 Å². The molecule has 1 aliphatic rings. The van der Waals surface area contributed by atoms with Gasteiger partial charge in [0.15, 0.2) is 0 Å². The molecule has 9 nitrogen and oxygen atoms in total. The van der Waals surface area contributed by atoms with E-state index >= 15 is 0 Å². The Morgan fingerprint density at radius 1 is 1.07 bits per heavy atom. The van der Waals surface area contributed by atoms with Crippen molar-refractivity contribution in [2.45, 2.75) is 58.0 Å². The molecule has 1 saturated heterocycles. The highest BCUT2D eigenvalue weighted by atomic mass is 32.1. The van der Waals surface area contributed by atoms with E-state index in [-0.39, 0.29) is 42.9 Å². The van der Waals surface area contributed by atoms with Crippen LogP contribution >= 0.6 is 11.3 Å². The van der Waals surface area contributed by atoms with E-state index in [4.69, 9.17) is 9.72 Å². The molecule has 3 aromatic rings. The molecule has 2 unspecified atom stereocenters. The summed E-state index contributed by atoms with van der Waals surface area (Å²) in [4.78, 5) is 45.9. The number of nitrogens with one attached hydrogen (secondary N) is 3. The van der Waals surface area contributed by atoms with Gasteiger partial charge in [-0.3, -0.25) is 19.3 Å². The van der Waals surface area contributed by atoms with Crippen molar-refractivity contribution in [2.24, 2.45) is 0 Å². The topological polar surface area (TPSA) is 113 Å². The van der Waals surface area contributed by atoms with Gasteiger partial charge in [-0.05, 0) is 47.7 Å². The minimum Gasteiger partial charge on any atom is -0.379 e. The number of benzene rings is 2. The van der Waals surface area contributed by atoms with Crippen LogP contribution in [0.1, 0.15) is 49.2 Å². The molecule has 1 aromatic heterocycles. The first kappa shape index (κ1) is 33.2. The van der Waals surface area contributed by atoms with E-state index in [1.165, 1.54) is 29.0 Å². The van der Waals surface area contributed by atoms with Gasteiger partial charge in [-0.2, -0.15) is 0 Å². The zero-order valence-corrected chi connectivity index (χ0v) is 26.5. The van der Waals surface area contributed by atoms with Gasteiger partial charge in [-0.25, -0.2) is 9.37 Å². The van der Waals surface area contributed by atoms with E-state index in [0.717, 1.165) is 33.9 Å². The monoisotopic (exact) mass is 623 g/mol. The number of amides is 3. The zero-order chi connectivity index (χ0) is 31.6. The lowest BCUT2D eigenvalue weighted by Gasteiger charge is -2.27. The molecular weight excluding hydrogens is 581 g/mol. The summed E-state index contributed by atoms with van der Waals surface area (Å²) in [6.07, 6.45) is 0.789. The largest absolute Gasteiger partial charge is 0.379 e. The molecule has 0 saturated carbocycles. The normalized spacial score (nSPS) is 15.1. The predicted molar refractivity (Wildman–Crippen MR) is 171 cm³/mol. The van der Waals surface area contributed by atoms with E-state index in [1.54, 1.807) is 19.1 Å². The van der Waals surface area contributed by atoms with Crippen molar-refractivity contribution in [3.63, 3.8) is 0 Å². The summed E-state index contributed by atoms with van der Waals surface area (Å²) in [5.41, 5.74) is 3.27. The quantitative estimate of drug-likeness (QED) is 0.236. The van der Waals surface area contributed by atoms with Gasteiger partial charge < -0.3 is 20.7 Å². The maximum absolute atomic E-state index is 13.7. The minimum atomic E-state index is -0.865. The number of carbonyl (C=O) groups excluding carboxylic acids is 3. The molecule has 2 heterocycles. The van der Waals surface area contributed by atoms with Crippen molar-refractivity contribution < 1.29 is 23.5 Å². The second-order valence-electron chi connectivity index (χ2n) is 11.4. The number of aromatic nitrogens is 1. The van der Waals surface area contributed by atoms with Crippen molar-refractivity contribution in [1.82, 2.24) is 25.8 Å². The molecule has 11 heteroatoms. The smallest absolute Gasteiger partial charge is 0.247 e. The third-order valence-corrected chi connectivity index (χ3v) is 8.61. The average Bonchev–Trinajstić information content (AvgIpc) is 3.42. The second kappa shape index (κ2) is 15.9. The molecule has 2 aromatic carbocycles. The van der Waals surface area contributed by atoms with E-state index in [9.17, 15) is 18.8 Å². The molecule has 4 rings (SSSR count). The van der Waals surface area contributed by atoms with Gasteiger partial charge in [0.25, 0.3) is 0 Å². The van der Waals surface area contributed by atoms with Crippen molar-refractivity contribution in [1.29, 1.82) is 0 Å². The third kappa shape index (κ3) is 9.67. The van der Waals surface area contributed by atoms with Crippen LogP contribution in [0.25, 0.3) is 10.2 Å². The molecule has 2 atom stereocenters. The number of thiazole rings is 1. The second-order valence-corrected chi connectivity index (χ2v) is 12.5. The summed E-state index contributed by atoms with van der Waals surface area (Å²) in [6, 6.07) is 10.8. The fraction of sp³-hybridized carbons (Fsp3) is 0.455. The standard InChI is InChI=1S/C33H42FN5O4S/c1-5-30(40)37-28(18-31-38-27-11-8-24(21(2)3)17-29(27)44-31)33(42)36-26(16-23-6-9-25(34)10-7-23)19-35-32(41)22(4)20-39-12-14-43-15-13-39/h6-11,17,21,26,28H,4-5,12-16,18-20H2,1-3H3,(H,35,41)(H,36,42)(H,37,40). The van der Waals surface area contributed by atoms with Crippen molar-refractivity contribution in [3.8, 4) is 0 Å². The van der Waals surface area contributed by atoms with Gasteiger partial charge in [0.1, 0.15) is 11.9 Å². The highest BCUT2D eigenvalue weighted by Gasteiger charge is 2.26. The maximum atomic E-state index is 13.7. The molecule has 0 aliphatic carbocycles. The van der Waals surface area contributed by atoms with Crippen LogP contribution in [0.3, 0.4) is 0 Å². The lowest BCUT2D eigenvalue weighted by molar-refractivity contribution is -0.129. The minimum absolute atomic E-state index is 0.123. The summed E-state index contributed by atoms with van der Waals surface area (Å²) in [7, 11) is 0. The first-order valence-electron chi connectivity index (χ1n) is 15.1. The fourth-order valence-electron chi connectivity index (χ4n) is 4.94. The van der Waals surface area contributed by atoms with E-state index < -0.39 is 12.1 Å². The molecule has 0 bridgehead atoms. The lowest BCUT2D eigenvalue weighted by atomic mass is 10.0. The SMILES string of the molecule is C=C(CN1CCOCC1)C(=O)NCC(Cc1ccc(F)cc1)NC(=O)C(Cc1nc2ccc(C(C)C)cc2s1)NC(=O)CC. The van der Waals surface area contributed by atoms with Crippen LogP contribution in [0, 0.1) is 5.82 Å². The van der Waals surface area contributed by atoms with E-state index in [1.807, 2.05) is 6.07 Å². The number of carbonyl (C=O) groups is 3. The van der Waals surface area contributed by atoms with Gasteiger partial charge in [-0.1, -0.05) is 45.5 Å². The average molecular weight is 624 g/mol. The summed E-state index contributed by atoms with van der Waals surface area (Å²) in [5, 5.41) is 9.50. The van der Waals surface area contributed by atoms with Crippen LogP contribution < -0.4 is 16.0 Å². The van der Waals surface area contributed by atoms with Crippen molar-refractivity contribution in [3.05, 3.63) is 76.6 Å². The van der Waals surface area contributed by atoms with Crippen molar-refractivity contribution >= 4 is 39.3 Å². The highest BCUT2D eigenvalue weighted by molar-refractivity contribution is 7.18. The first-order valence-corrected chi connectivity index (χ1v) is 15.9. The number of morpholine rings is 1. The number of nitrogens with zero attached hydrogens (tertiary/aromatic N) is 2. The number of hydrogen-bond donors (Lipinski definition) is 3.